The topological polar surface area (TPSA) is 54.0 Å². The van der Waals surface area contributed by atoms with Gasteiger partial charge >= 0.3 is 0 Å². The minimum Gasteiger partial charge on any atom is -0.373 e. The van der Waals surface area contributed by atoms with Crippen LogP contribution < -0.4 is 10.6 Å². The summed E-state index contributed by atoms with van der Waals surface area (Å²) in [6.45, 7) is 7.10. The summed E-state index contributed by atoms with van der Waals surface area (Å²) in [6.07, 6.45) is 3.78. The van der Waals surface area contributed by atoms with Crippen LogP contribution in [0.4, 0.5) is 5.82 Å². The van der Waals surface area contributed by atoms with E-state index in [4.69, 9.17) is 0 Å². The van der Waals surface area contributed by atoms with Gasteiger partial charge in [0.05, 0.1) is 0 Å². The summed E-state index contributed by atoms with van der Waals surface area (Å²) in [4.78, 5) is 16.8. The summed E-state index contributed by atoms with van der Waals surface area (Å²) in [5.41, 5.74) is 1.54. The molecular weight excluding hydrogens is 250 g/mol. The van der Waals surface area contributed by atoms with Gasteiger partial charge in [0.1, 0.15) is 5.82 Å². The SMILES string of the molecule is CNc1cc(C(=O)NCC2CCC2)cc(C(C)(C)C)n1. The molecule has 1 aromatic heterocycles. The maximum absolute atomic E-state index is 12.3. The summed E-state index contributed by atoms with van der Waals surface area (Å²) in [5, 5.41) is 6.07. The number of nitrogens with one attached hydrogen (secondary N) is 2. The smallest absolute Gasteiger partial charge is 0.251 e. The van der Waals surface area contributed by atoms with E-state index in [0.717, 1.165) is 18.1 Å². The van der Waals surface area contributed by atoms with Gasteiger partial charge in [-0.05, 0) is 30.9 Å². The van der Waals surface area contributed by atoms with Crippen LogP contribution in [0, 0.1) is 5.92 Å². The van der Waals surface area contributed by atoms with Gasteiger partial charge in [-0.1, -0.05) is 27.2 Å². The van der Waals surface area contributed by atoms with Crippen LogP contribution in [0.1, 0.15) is 56.1 Å². The Balaban J connectivity index is 2.14. The number of aromatic nitrogens is 1. The van der Waals surface area contributed by atoms with Crippen molar-refractivity contribution in [3.63, 3.8) is 0 Å². The van der Waals surface area contributed by atoms with Crippen molar-refractivity contribution in [2.45, 2.75) is 45.4 Å². The highest BCUT2D eigenvalue weighted by Crippen LogP contribution is 2.26. The number of anilines is 1. The quantitative estimate of drug-likeness (QED) is 0.888. The van der Waals surface area contributed by atoms with E-state index in [2.05, 4.69) is 36.4 Å². The van der Waals surface area contributed by atoms with Crippen LogP contribution in [-0.4, -0.2) is 24.5 Å². The van der Waals surface area contributed by atoms with Gasteiger partial charge in [-0.25, -0.2) is 4.98 Å². The molecule has 1 amide bonds. The molecule has 0 radical (unpaired) electrons. The Morgan fingerprint density at radius 3 is 2.55 bits per heavy atom. The number of carbonyl (C=O) groups is 1. The molecule has 0 spiro atoms. The zero-order chi connectivity index (χ0) is 14.8. The molecule has 4 nitrogen and oxygen atoms in total. The molecule has 0 atom stereocenters. The zero-order valence-electron chi connectivity index (χ0n) is 12.9. The van der Waals surface area contributed by atoms with E-state index >= 15 is 0 Å². The molecule has 20 heavy (non-hydrogen) atoms. The number of nitrogens with zero attached hydrogens (tertiary/aromatic N) is 1. The van der Waals surface area contributed by atoms with Gasteiger partial charge in [-0.15, -0.1) is 0 Å². The number of amides is 1. The minimum absolute atomic E-state index is 0.00120. The Bertz CT molecular complexity index is 487. The molecule has 0 aromatic carbocycles. The lowest BCUT2D eigenvalue weighted by Crippen LogP contribution is -2.32. The minimum atomic E-state index is -0.0735. The Morgan fingerprint density at radius 2 is 2.05 bits per heavy atom. The third kappa shape index (κ3) is 3.50. The lowest BCUT2D eigenvalue weighted by atomic mass is 9.85. The first-order valence-electron chi connectivity index (χ1n) is 7.38. The van der Waals surface area contributed by atoms with E-state index in [-0.39, 0.29) is 11.3 Å². The summed E-state index contributed by atoms with van der Waals surface area (Å²) >= 11 is 0. The monoisotopic (exact) mass is 275 g/mol. The van der Waals surface area contributed by atoms with Crippen LogP contribution >= 0.6 is 0 Å². The molecular formula is C16H25N3O. The van der Waals surface area contributed by atoms with Crippen molar-refractivity contribution in [2.75, 3.05) is 18.9 Å². The van der Waals surface area contributed by atoms with Gasteiger partial charge in [0, 0.05) is 30.3 Å². The molecule has 0 aliphatic heterocycles. The first-order valence-corrected chi connectivity index (χ1v) is 7.38. The van der Waals surface area contributed by atoms with E-state index in [0.29, 0.717) is 11.5 Å². The molecule has 1 heterocycles. The number of hydrogen-bond donors (Lipinski definition) is 2. The molecule has 110 valence electrons. The molecule has 1 aromatic rings. The molecule has 1 aliphatic carbocycles. The first kappa shape index (κ1) is 14.8. The second kappa shape index (κ2) is 5.81. The van der Waals surface area contributed by atoms with Gasteiger partial charge in [0.15, 0.2) is 0 Å². The summed E-state index contributed by atoms with van der Waals surface area (Å²) in [5.74, 6) is 1.42. The van der Waals surface area contributed by atoms with Gasteiger partial charge in [0.2, 0.25) is 0 Å². The van der Waals surface area contributed by atoms with Crippen molar-refractivity contribution in [3.05, 3.63) is 23.4 Å². The van der Waals surface area contributed by atoms with Crippen LogP contribution in [0.15, 0.2) is 12.1 Å². The van der Waals surface area contributed by atoms with Crippen molar-refractivity contribution < 1.29 is 4.79 Å². The molecule has 1 aliphatic rings. The van der Waals surface area contributed by atoms with E-state index in [1.807, 2.05) is 19.2 Å². The van der Waals surface area contributed by atoms with Crippen LogP contribution in [-0.2, 0) is 5.41 Å². The normalized spacial score (nSPS) is 15.6. The lowest BCUT2D eigenvalue weighted by Gasteiger charge is -2.25. The van der Waals surface area contributed by atoms with Gasteiger partial charge in [-0.2, -0.15) is 0 Å². The van der Waals surface area contributed by atoms with Crippen molar-refractivity contribution in [1.82, 2.24) is 10.3 Å². The number of rotatable bonds is 4. The summed E-state index contributed by atoms with van der Waals surface area (Å²) in [6, 6.07) is 3.71. The van der Waals surface area contributed by atoms with E-state index < -0.39 is 0 Å². The highest BCUT2D eigenvalue weighted by molar-refractivity contribution is 5.95. The molecule has 1 fully saturated rings. The average Bonchev–Trinajstić information content (AvgIpc) is 2.35. The molecule has 0 saturated heterocycles. The zero-order valence-corrected chi connectivity index (χ0v) is 12.9. The standard InChI is InChI=1S/C16H25N3O/c1-16(2,3)13-8-12(9-14(17-4)19-13)15(20)18-10-11-6-5-7-11/h8-9,11H,5-7,10H2,1-4H3,(H,17,19)(H,18,20). The lowest BCUT2D eigenvalue weighted by molar-refractivity contribution is 0.0939. The van der Waals surface area contributed by atoms with E-state index in [1.54, 1.807) is 0 Å². The molecule has 4 heteroatoms. The molecule has 0 bridgehead atoms. The summed E-state index contributed by atoms with van der Waals surface area (Å²) in [7, 11) is 1.82. The third-order valence-corrected chi connectivity index (χ3v) is 3.89. The fourth-order valence-corrected chi connectivity index (χ4v) is 2.21. The Morgan fingerprint density at radius 1 is 1.35 bits per heavy atom. The van der Waals surface area contributed by atoms with Crippen molar-refractivity contribution in [1.29, 1.82) is 0 Å². The Hall–Kier alpha value is -1.58. The van der Waals surface area contributed by atoms with Crippen molar-refractivity contribution >= 4 is 11.7 Å². The van der Waals surface area contributed by atoms with Crippen LogP contribution in [0.25, 0.3) is 0 Å². The van der Waals surface area contributed by atoms with Crippen LogP contribution in [0.2, 0.25) is 0 Å². The number of pyridine rings is 1. The fourth-order valence-electron chi connectivity index (χ4n) is 2.21. The number of carbonyl (C=O) groups excluding carboxylic acids is 1. The Kier molecular flexibility index (Phi) is 4.31. The fraction of sp³-hybridized carbons (Fsp3) is 0.625. The highest BCUT2D eigenvalue weighted by Gasteiger charge is 2.21. The van der Waals surface area contributed by atoms with Crippen LogP contribution in [0.3, 0.4) is 0 Å². The van der Waals surface area contributed by atoms with Gasteiger partial charge in [-0.3, -0.25) is 4.79 Å². The third-order valence-electron chi connectivity index (χ3n) is 3.89. The molecule has 2 N–H and O–H groups in total. The maximum Gasteiger partial charge on any atom is 0.251 e. The average molecular weight is 275 g/mol. The van der Waals surface area contributed by atoms with Gasteiger partial charge < -0.3 is 10.6 Å². The predicted molar refractivity (Wildman–Crippen MR) is 82.2 cm³/mol. The maximum atomic E-state index is 12.3. The molecule has 1 saturated carbocycles. The van der Waals surface area contributed by atoms with E-state index in [9.17, 15) is 4.79 Å². The number of hydrogen-bond acceptors (Lipinski definition) is 3. The summed E-state index contributed by atoms with van der Waals surface area (Å²) < 4.78 is 0. The second-order valence-corrected chi connectivity index (χ2v) is 6.63. The van der Waals surface area contributed by atoms with Crippen molar-refractivity contribution in [3.8, 4) is 0 Å². The van der Waals surface area contributed by atoms with Gasteiger partial charge in [0.25, 0.3) is 5.91 Å². The Labute approximate surface area is 121 Å². The second-order valence-electron chi connectivity index (χ2n) is 6.63. The molecule has 2 rings (SSSR count). The van der Waals surface area contributed by atoms with Crippen molar-refractivity contribution in [2.24, 2.45) is 5.92 Å². The first-order chi connectivity index (χ1) is 9.40. The predicted octanol–water partition coefficient (Wildman–Crippen LogP) is 2.95. The molecule has 0 unspecified atom stereocenters. The van der Waals surface area contributed by atoms with Crippen LogP contribution in [0.5, 0.6) is 0 Å². The largest absolute Gasteiger partial charge is 0.373 e. The van der Waals surface area contributed by atoms with E-state index in [1.165, 1.54) is 19.3 Å². The highest BCUT2D eigenvalue weighted by atomic mass is 16.1.